The van der Waals surface area contributed by atoms with Gasteiger partial charge in [0.2, 0.25) is 5.91 Å². The van der Waals surface area contributed by atoms with Gasteiger partial charge in [0.1, 0.15) is 17.2 Å². The Labute approximate surface area is 208 Å². The lowest BCUT2D eigenvalue weighted by molar-refractivity contribution is -0.147. The highest BCUT2D eigenvalue weighted by molar-refractivity contribution is 6.30. The first kappa shape index (κ1) is 25.6. The summed E-state index contributed by atoms with van der Waals surface area (Å²) in [6.45, 7) is 1.99. The van der Waals surface area contributed by atoms with Gasteiger partial charge in [0, 0.05) is 22.8 Å². The first-order chi connectivity index (χ1) is 16.9. The fourth-order valence-electron chi connectivity index (χ4n) is 2.90. The molecule has 3 aromatic rings. The molecular formula is C26H25ClN2O6. The normalized spacial score (nSPS) is 10.2. The molecule has 2 N–H and O–H groups in total. The molecular weight excluding hydrogens is 472 g/mol. The summed E-state index contributed by atoms with van der Waals surface area (Å²) in [5.74, 6) is 0.446. The molecule has 0 fully saturated rings. The van der Waals surface area contributed by atoms with Gasteiger partial charge in [-0.2, -0.15) is 0 Å². The van der Waals surface area contributed by atoms with Crippen LogP contribution in [0.2, 0.25) is 5.02 Å². The lowest BCUT2D eigenvalue weighted by Crippen LogP contribution is -2.21. The second-order valence-electron chi connectivity index (χ2n) is 7.29. The van der Waals surface area contributed by atoms with E-state index in [4.69, 9.17) is 25.8 Å². The Balaban J connectivity index is 1.34. The summed E-state index contributed by atoms with van der Waals surface area (Å²) in [5, 5.41) is 5.93. The Bertz CT molecular complexity index is 1130. The fraction of sp³-hybridized carbons (Fsp3) is 0.192. The van der Waals surface area contributed by atoms with E-state index in [9.17, 15) is 14.4 Å². The van der Waals surface area contributed by atoms with Gasteiger partial charge in [-0.05, 0) is 79.7 Å². The molecule has 35 heavy (non-hydrogen) atoms. The summed E-state index contributed by atoms with van der Waals surface area (Å²) in [7, 11) is 0. The topological polar surface area (TPSA) is 103 Å². The van der Waals surface area contributed by atoms with Gasteiger partial charge in [-0.3, -0.25) is 14.4 Å². The molecule has 0 saturated heterocycles. The van der Waals surface area contributed by atoms with Gasteiger partial charge >= 0.3 is 5.97 Å². The molecule has 0 heterocycles. The van der Waals surface area contributed by atoms with Crippen molar-refractivity contribution in [1.29, 1.82) is 0 Å². The summed E-state index contributed by atoms with van der Waals surface area (Å²) in [5.41, 5.74) is 1.11. The smallest absolute Gasteiger partial charge is 0.306 e. The average molecular weight is 497 g/mol. The van der Waals surface area contributed by atoms with Gasteiger partial charge < -0.3 is 24.8 Å². The molecule has 0 aliphatic heterocycles. The number of rotatable bonds is 11. The molecule has 3 rings (SSSR count). The summed E-state index contributed by atoms with van der Waals surface area (Å²) in [6.07, 6.45) is -0.234. The van der Waals surface area contributed by atoms with Crippen LogP contribution >= 0.6 is 11.6 Å². The van der Waals surface area contributed by atoms with Crippen LogP contribution in [-0.4, -0.2) is 31.0 Å². The minimum Gasteiger partial charge on any atom is -0.494 e. The van der Waals surface area contributed by atoms with Crippen LogP contribution in [0.3, 0.4) is 0 Å². The first-order valence-corrected chi connectivity index (χ1v) is 11.3. The van der Waals surface area contributed by atoms with Crippen molar-refractivity contribution in [3.63, 3.8) is 0 Å². The minimum absolute atomic E-state index is 0.0810. The monoisotopic (exact) mass is 496 g/mol. The molecule has 0 aromatic heterocycles. The molecule has 0 unspecified atom stereocenters. The minimum atomic E-state index is -0.645. The third-order valence-electron chi connectivity index (χ3n) is 4.56. The zero-order valence-electron chi connectivity index (χ0n) is 19.1. The quantitative estimate of drug-likeness (QED) is 0.343. The van der Waals surface area contributed by atoms with E-state index in [0.29, 0.717) is 40.3 Å². The maximum Gasteiger partial charge on any atom is 0.306 e. The summed E-state index contributed by atoms with van der Waals surface area (Å²) >= 11 is 5.86. The van der Waals surface area contributed by atoms with Crippen LogP contribution in [0.1, 0.15) is 19.8 Å². The molecule has 3 aromatic carbocycles. The maximum absolute atomic E-state index is 12.1. The number of ether oxygens (including phenoxy) is 3. The fourth-order valence-corrected chi connectivity index (χ4v) is 3.03. The second-order valence-corrected chi connectivity index (χ2v) is 7.73. The Kier molecular flexibility index (Phi) is 9.50. The van der Waals surface area contributed by atoms with Crippen molar-refractivity contribution in [2.75, 3.05) is 23.8 Å². The Morgan fingerprint density at radius 3 is 1.80 bits per heavy atom. The van der Waals surface area contributed by atoms with Gasteiger partial charge in [0.25, 0.3) is 5.91 Å². The molecule has 8 nitrogen and oxygen atoms in total. The molecule has 182 valence electrons. The predicted molar refractivity (Wildman–Crippen MR) is 133 cm³/mol. The molecule has 0 aliphatic rings. The van der Waals surface area contributed by atoms with Gasteiger partial charge in [-0.25, -0.2) is 0 Å². The van der Waals surface area contributed by atoms with Crippen molar-refractivity contribution in [3.8, 4) is 17.2 Å². The number of carbonyl (C=O) groups excluding carboxylic acids is 3. The lowest BCUT2D eigenvalue weighted by Gasteiger charge is -2.09. The van der Waals surface area contributed by atoms with Crippen molar-refractivity contribution < 1.29 is 28.6 Å². The van der Waals surface area contributed by atoms with E-state index in [1.807, 2.05) is 6.92 Å². The van der Waals surface area contributed by atoms with Gasteiger partial charge in [0.05, 0.1) is 13.0 Å². The number of halogens is 1. The number of anilines is 2. The molecule has 0 bridgehead atoms. The van der Waals surface area contributed by atoms with Gasteiger partial charge in [-0.1, -0.05) is 11.6 Å². The second kappa shape index (κ2) is 13.0. The highest BCUT2D eigenvalue weighted by Crippen LogP contribution is 2.24. The van der Waals surface area contributed by atoms with Crippen molar-refractivity contribution in [2.45, 2.75) is 19.8 Å². The molecule has 2 amide bonds. The largest absolute Gasteiger partial charge is 0.494 e. The van der Waals surface area contributed by atoms with Crippen LogP contribution in [-0.2, 0) is 19.1 Å². The number of benzene rings is 3. The maximum atomic E-state index is 12.1. The lowest BCUT2D eigenvalue weighted by atomic mass is 10.2. The van der Waals surface area contributed by atoms with E-state index < -0.39 is 18.5 Å². The van der Waals surface area contributed by atoms with E-state index in [-0.39, 0.29) is 18.7 Å². The van der Waals surface area contributed by atoms with E-state index in [2.05, 4.69) is 10.6 Å². The molecule has 0 radical (unpaired) electrons. The SMILES string of the molecule is CCOc1ccc(NC(=O)COC(=O)CCC(=O)Nc2ccc(Oc3ccc(Cl)cc3)cc2)cc1. The zero-order valence-corrected chi connectivity index (χ0v) is 19.8. The van der Waals surface area contributed by atoms with Crippen LogP contribution in [0.25, 0.3) is 0 Å². The summed E-state index contributed by atoms with van der Waals surface area (Å²) < 4.78 is 16.0. The Hall–Kier alpha value is -4.04. The molecule has 9 heteroatoms. The third kappa shape index (κ3) is 9.02. The van der Waals surface area contributed by atoms with E-state index >= 15 is 0 Å². The number of hydrogen-bond donors (Lipinski definition) is 2. The highest BCUT2D eigenvalue weighted by atomic mass is 35.5. The number of esters is 1. The number of hydrogen-bond acceptors (Lipinski definition) is 6. The van der Waals surface area contributed by atoms with Crippen LogP contribution in [0.15, 0.2) is 72.8 Å². The summed E-state index contributed by atoms with van der Waals surface area (Å²) in [6, 6.07) is 20.6. The predicted octanol–water partition coefficient (Wildman–Crippen LogP) is 5.43. The Morgan fingerprint density at radius 2 is 1.23 bits per heavy atom. The van der Waals surface area contributed by atoms with Crippen molar-refractivity contribution in [1.82, 2.24) is 0 Å². The molecule has 0 aliphatic carbocycles. The third-order valence-corrected chi connectivity index (χ3v) is 4.81. The van der Waals surface area contributed by atoms with Crippen LogP contribution in [0.5, 0.6) is 17.2 Å². The van der Waals surface area contributed by atoms with E-state index in [1.54, 1.807) is 72.8 Å². The van der Waals surface area contributed by atoms with Crippen LogP contribution in [0, 0.1) is 0 Å². The number of amides is 2. The van der Waals surface area contributed by atoms with Crippen molar-refractivity contribution in [3.05, 3.63) is 77.8 Å². The number of carbonyl (C=O) groups is 3. The standard InChI is InChI=1S/C26H25ClN2O6/c1-2-33-21-11-5-20(6-12-21)29-25(31)17-34-26(32)16-15-24(30)28-19-7-13-23(14-8-19)35-22-9-3-18(27)4-10-22/h3-14H,2,15-17H2,1H3,(H,28,30)(H,29,31). The molecule has 0 spiro atoms. The molecule has 0 atom stereocenters. The molecule has 0 saturated carbocycles. The van der Waals surface area contributed by atoms with Crippen LogP contribution in [0.4, 0.5) is 11.4 Å². The van der Waals surface area contributed by atoms with Gasteiger partial charge in [0.15, 0.2) is 6.61 Å². The zero-order chi connectivity index (χ0) is 25.0. The first-order valence-electron chi connectivity index (χ1n) is 10.9. The van der Waals surface area contributed by atoms with Gasteiger partial charge in [-0.15, -0.1) is 0 Å². The summed E-state index contributed by atoms with van der Waals surface area (Å²) in [4.78, 5) is 36.0. The van der Waals surface area contributed by atoms with E-state index in [1.165, 1.54) is 0 Å². The van der Waals surface area contributed by atoms with Crippen molar-refractivity contribution >= 4 is 40.8 Å². The number of nitrogens with one attached hydrogen (secondary N) is 2. The average Bonchev–Trinajstić information content (AvgIpc) is 2.85. The van der Waals surface area contributed by atoms with E-state index in [0.717, 1.165) is 0 Å². The highest BCUT2D eigenvalue weighted by Gasteiger charge is 2.11. The van der Waals surface area contributed by atoms with Crippen molar-refractivity contribution in [2.24, 2.45) is 0 Å². The Morgan fingerprint density at radius 1 is 0.714 bits per heavy atom. The van der Waals surface area contributed by atoms with Crippen LogP contribution < -0.4 is 20.1 Å².